The molecule has 0 atom stereocenters. The minimum atomic E-state index is -0.303. The van der Waals surface area contributed by atoms with E-state index in [9.17, 15) is 4.79 Å². The smallest absolute Gasteiger partial charge is 0.347 e. The van der Waals surface area contributed by atoms with Crippen molar-refractivity contribution in [3.63, 3.8) is 0 Å². The number of aromatic amines is 1. The van der Waals surface area contributed by atoms with Crippen LogP contribution < -0.4 is 11.0 Å². The zero-order valence-corrected chi connectivity index (χ0v) is 13.6. The standard InChI is InChI=1S/C17H26N4O/c1-3-21(4-2)13-9-5-8-12-18-16-14-10-6-7-11-15(14)19-17(22)20-16/h6-7,10-11H,3-5,8-9,12-13H2,1-2H3,(H2,18,19,20,22). The molecule has 0 unspecified atom stereocenters. The number of hydrogen-bond acceptors (Lipinski definition) is 4. The summed E-state index contributed by atoms with van der Waals surface area (Å²) in [5, 5.41) is 4.26. The maximum atomic E-state index is 11.6. The van der Waals surface area contributed by atoms with Crippen molar-refractivity contribution in [2.45, 2.75) is 33.1 Å². The molecule has 0 spiro atoms. The van der Waals surface area contributed by atoms with Crippen molar-refractivity contribution < 1.29 is 0 Å². The zero-order chi connectivity index (χ0) is 15.8. The normalized spacial score (nSPS) is 11.2. The number of fused-ring (bicyclic) bond motifs is 1. The fraction of sp³-hybridized carbons (Fsp3) is 0.529. The molecule has 2 rings (SSSR count). The molecule has 1 aromatic carbocycles. The maximum absolute atomic E-state index is 11.6. The van der Waals surface area contributed by atoms with Gasteiger partial charge in [0.15, 0.2) is 0 Å². The van der Waals surface area contributed by atoms with E-state index in [4.69, 9.17) is 0 Å². The number of H-pyrrole nitrogens is 1. The van der Waals surface area contributed by atoms with Gasteiger partial charge in [-0.3, -0.25) is 0 Å². The third kappa shape index (κ3) is 4.56. The first-order valence-corrected chi connectivity index (χ1v) is 8.20. The molecule has 0 aliphatic carbocycles. The lowest BCUT2D eigenvalue weighted by Gasteiger charge is -2.17. The summed E-state index contributed by atoms with van der Waals surface area (Å²) in [6.07, 6.45) is 3.49. The van der Waals surface area contributed by atoms with Crippen molar-refractivity contribution in [3.8, 4) is 0 Å². The first-order chi connectivity index (χ1) is 10.7. The third-order valence-electron chi connectivity index (χ3n) is 3.98. The van der Waals surface area contributed by atoms with Gasteiger partial charge in [-0.1, -0.05) is 32.4 Å². The van der Waals surface area contributed by atoms with Gasteiger partial charge in [0.25, 0.3) is 0 Å². The van der Waals surface area contributed by atoms with E-state index in [1.165, 1.54) is 19.4 Å². The fourth-order valence-electron chi connectivity index (χ4n) is 2.62. The van der Waals surface area contributed by atoms with Gasteiger partial charge in [-0.05, 0) is 44.6 Å². The summed E-state index contributed by atoms with van der Waals surface area (Å²) in [5.41, 5.74) is 0.522. The molecule has 0 aliphatic rings. The Hall–Kier alpha value is -1.88. The van der Waals surface area contributed by atoms with Crippen LogP contribution in [-0.4, -0.2) is 41.0 Å². The van der Waals surface area contributed by atoms with Crippen LogP contribution in [0.1, 0.15) is 33.1 Å². The molecule has 0 fully saturated rings. The molecule has 5 heteroatoms. The van der Waals surface area contributed by atoms with E-state index in [0.29, 0.717) is 5.82 Å². The highest BCUT2D eigenvalue weighted by atomic mass is 16.1. The number of aromatic nitrogens is 2. The van der Waals surface area contributed by atoms with Crippen molar-refractivity contribution in [1.82, 2.24) is 14.9 Å². The van der Waals surface area contributed by atoms with Crippen LogP contribution in [0.4, 0.5) is 5.82 Å². The van der Waals surface area contributed by atoms with Crippen molar-refractivity contribution >= 4 is 16.7 Å². The van der Waals surface area contributed by atoms with Crippen molar-refractivity contribution in [2.75, 3.05) is 31.5 Å². The Morgan fingerprint density at radius 3 is 2.68 bits per heavy atom. The van der Waals surface area contributed by atoms with Gasteiger partial charge < -0.3 is 15.2 Å². The Bertz CT molecular complexity index is 634. The topological polar surface area (TPSA) is 61.0 Å². The molecule has 2 N–H and O–H groups in total. The van der Waals surface area contributed by atoms with Crippen LogP contribution in [0.15, 0.2) is 29.1 Å². The predicted molar refractivity (Wildman–Crippen MR) is 92.5 cm³/mol. The highest BCUT2D eigenvalue weighted by Crippen LogP contribution is 2.17. The fourth-order valence-corrected chi connectivity index (χ4v) is 2.62. The number of benzene rings is 1. The highest BCUT2D eigenvalue weighted by molar-refractivity contribution is 5.88. The van der Waals surface area contributed by atoms with Gasteiger partial charge in [-0.2, -0.15) is 4.98 Å². The largest absolute Gasteiger partial charge is 0.369 e. The summed E-state index contributed by atoms with van der Waals surface area (Å²) in [5.74, 6) is 0.683. The molecule has 2 aromatic rings. The van der Waals surface area contributed by atoms with E-state index in [0.717, 1.165) is 37.0 Å². The summed E-state index contributed by atoms with van der Waals surface area (Å²) in [6, 6.07) is 7.74. The van der Waals surface area contributed by atoms with Gasteiger partial charge in [-0.15, -0.1) is 0 Å². The summed E-state index contributed by atoms with van der Waals surface area (Å²) in [7, 11) is 0. The van der Waals surface area contributed by atoms with Gasteiger partial charge in [0, 0.05) is 11.9 Å². The van der Waals surface area contributed by atoms with Crippen LogP contribution in [0, 0.1) is 0 Å². The van der Waals surface area contributed by atoms with E-state index in [1.54, 1.807) is 0 Å². The summed E-state index contributed by atoms with van der Waals surface area (Å²) in [4.78, 5) is 20.8. The number of nitrogens with one attached hydrogen (secondary N) is 2. The molecule has 0 aliphatic heterocycles. The molecule has 5 nitrogen and oxygen atoms in total. The van der Waals surface area contributed by atoms with E-state index < -0.39 is 0 Å². The van der Waals surface area contributed by atoms with E-state index >= 15 is 0 Å². The summed E-state index contributed by atoms with van der Waals surface area (Å²) in [6.45, 7) is 8.66. The Morgan fingerprint density at radius 2 is 1.91 bits per heavy atom. The molecule has 0 amide bonds. The van der Waals surface area contributed by atoms with Crippen molar-refractivity contribution in [1.29, 1.82) is 0 Å². The van der Waals surface area contributed by atoms with Gasteiger partial charge in [0.1, 0.15) is 5.82 Å². The Kier molecular flexibility index (Phi) is 6.40. The maximum Gasteiger partial charge on any atom is 0.347 e. The third-order valence-corrected chi connectivity index (χ3v) is 3.98. The first kappa shape index (κ1) is 16.5. The molecule has 0 saturated heterocycles. The SMILES string of the molecule is CCN(CC)CCCCCNc1nc(=O)[nH]c2ccccc12. The predicted octanol–water partition coefficient (Wildman–Crippen LogP) is 2.85. The number of anilines is 1. The summed E-state index contributed by atoms with van der Waals surface area (Å²) < 4.78 is 0. The highest BCUT2D eigenvalue weighted by Gasteiger charge is 2.04. The van der Waals surface area contributed by atoms with E-state index in [2.05, 4.69) is 34.0 Å². The molecular formula is C17H26N4O. The minimum absolute atomic E-state index is 0.303. The average Bonchev–Trinajstić information content (AvgIpc) is 2.54. The van der Waals surface area contributed by atoms with Crippen LogP contribution in [0.25, 0.3) is 10.9 Å². The number of rotatable bonds is 9. The Morgan fingerprint density at radius 1 is 1.14 bits per heavy atom. The second-order valence-electron chi connectivity index (χ2n) is 5.45. The van der Waals surface area contributed by atoms with Gasteiger partial charge in [-0.25, -0.2) is 4.79 Å². The number of nitrogens with zero attached hydrogens (tertiary/aromatic N) is 2. The Labute approximate surface area is 131 Å². The minimum Gasteiger partial charge on any atom is -0.369 e. The molecule has 0 saturated carbocycles. The molecule has 22 heavy (non-hydrogen) atoms. The van der Waals surface area contributed by atoms with Gasteiger partial charge in [0.05, 0.1) is 5.52 Å². The molecule has 120 valence electrons. The lowest BCUT2D eigenvalue weighted by molar-refractivity contribution is 0.296. The van der Waals surface area contributed by atoms with Gasteiger partial charge >= 0.3 is 5.69 Å². The zero-order valence-electron chi connectivity index (χ0n) is 13.6. The van der Waals surface area contributed by atoms with Crippen LogP contribution >= 0.6 is 0 Å². The van der Waals surface area contributed by atoms with E-state index in [1.807, 2.05) is 24.3 Å². The monoisotopic (exact) mass is 302 g/mol. The van der Waals surface area contributed by atoms with Crippen molar-refractivity contribution in [3.05, 3.63) is 34.7 Å². The molecule has 1 aromatic heterocycles. The van der Waals surface area contributed by atoms with Gasteiger partial charge in [0.2, 0.25) is 0 Å². The first-order valence-electron chi connectivity index (χ1n) is 8.20. The second-order valence-corrected chi connectivity index (χ2v) is 5.45. The number of unbranched alkanes of at least 4 members (excludes halogenated alkanes) is 2. The van der Waals surface area contributed by atoms with Crippen molar-refractivity contribution in [2.24, 2.45) is 0 Å². The number of hydrogen-bond donors (Lipinski definition) is 2. The number of para-hydroxylation sites is 1. The molecule has 0 radical (unpaired) electrons. The van der Waals surface area contributed by atoms with Crippen LogP contribution in [-0.2, 0) is 0 Å². The summed E-state index contributed by atoms with van der Waals surface area (Å²) >= 11 is 0. The van der Waals surface area contributed by atoms with Crippen LogP contribution in [0.2, 0.25) is 0 Å². The molecule has 1 heterocycles. The van der Waals surface area contributed by atoms with Crippen LogP contribution in [0.3, 0.4) is 0 Å². The lowest BCUT2D eigenvalue weighted by atomic mass is 10.2. The lowest BCUT2D eigenvalue weighted by Crippen LogP contribution is -2.24. The average molecular weight is 302 g/mol. The van der Waals surface area contributed by atoms with Crippen LogP contribution in [0.5, 0.6) is 0 Å². The Balaban J connectivity index is 1.81. The molecule has 0 bridgehead atoms. The second kappa shape index (κ2) is 8.54. The van der Waals surface area contributed by atoms with E-state index in [-0.39, 0.29) is 5.69 Å². The quantitative estimate of drug-likeness (QED) is 0.699. The molecular weight excluding hydrogens is 276 g/mol.